The first-order valence-electron chi connectivity index (χ1n) is 5.14. The van der Waals surface area contributed by atoms with Gasteiger partial charge in [0.05, 0.1) is 4.88 Å². The molecule has 1 unspecified atom stereocenters. The zero-order valence-electron chi connectivity index (χ0n) is 9.14. The maximum Gasteiger partial charge on any atom is 0.133 e. The topological polar surface area (TPSA) is 24.9 Å². The lowest BCUT2D eigenvalue weighted by Crippen LogP contribution is -2.22. The number of hydrogen-bond acceptors (Lipinski definition) is 4. The lowest BCUT2D eigenvalue weighted by molar-refractivity contribution is 0.639. The third kappa shape index (κ3) is 2.78. The van der Waals surface area contributed by atoms with Crippen LogP contribution in [0.25, 0.3) is 9.88 Å². The number of hydrogen-bond donors (Lipinski definition) is 1. The summed E-state index contributed by atoms with van der Waals surface area (Å²) in [6.07, 6.45) is 3.85. The molecule has 2 rings (SSSR count). The number of thiophene rings is 1. The molecule has 0 amide bonds. The van der Waals surface area contributed by atoms with Crippen LogP contribution in [0.15, 0.2) is 36.4 Å². The summed E-state index contributed by atoms with van der Waals surface area (Å²) < 4.78 is 0. The Morgan fingerprint density at radius 1 is 1.62 bits per heavy atom. The molecule has 0 aliphatic heterocycles. The van der Waals surface area contributed by atoms with Crippen molar-refractivity contribution in [1.82, 2.24) is 10.3 Å². The van der Waals surface area contributed by atoms with Gasteiger partial charge in [0.1, 0.15) is 5.01 Å². The highest BCUT2D eigenvalue weighted by Crippen LogP contribution is 2.28. The molecule has 0 radical (unpaired) electrons. The van der Waals surface area contributed by atoms with E-state index in [1.165, 1.54) is 9.75 Å². The number of thiazole rings is 1. The van der Waals surface area contributed by atoms with Gasteiger partial charge in [0, 0.05) is 23.7 Å². The van der Waals surface area contributed by atoms with E-state index in [1.54, 1.807) is 22.7 Å². The molecule has 0 aliphatic rings. The molecule has 0 spiro atoms. The van der Waals surface area contributed by atoms with Gasteiger partial charge in [-0.05, 0) is 18.4 Å². The Hall–Kier alpha value is -0.970. The van der Waals surface area contributed by atoms with Crippen LogP contribution in [0.1, 0.15) is 11.8 Å². The maximum absolute atomic E-state index is 4.43. The molecule has 0 fully saturated rings. The Kier molecular flexibility index (Phi) is 3.88. The zero-order chi connectivity index (χ0) is 11.4. The maximum atomic E-state index is 4.43. The van der Waals surface area contributed by atoms with E-state index < -0.39 is 0 Å². The lowest BCUT2D eigenvalue weighted by Gasteiger charge is -2.05. The van der Waals surface area contributed by atoms with E-state index in [1.807, 2.05) is 12.3 Å². The molecule has 2 heterocycles. The van der Waals surface area contributed by atoms with E-state index in [2.05, 4.69) is 41.3 Å². The fraction of sp³-hybridized carbons (Fsp3) is 0.250. The average molecular weight is 250 g/mol. The van der Waals surface area contributed by atoms with Crippen LogP contribution in [-0.4, -0.2) is 11.0 Å². The first kappa shape index (κ1) is 11.5. The molecule has 0 aromatic carbocycles. The van der Waals surface area contributed by atoms with Gasteiger partial charge in [0.2, 0.25) is 0 Å². The quantitative estimate of drug-likeness (QED) is 0.821. The van der Waals surface area contributed by atoms with E-state index in [9.17, 15) is 0 Å². The molecule has 1 N–H and O–H groups in total. The summed E-state index contributed by atoms with van der Waals surface area (Å²) in [5.41, 5.74) is 0. The van der Waals surface area contributed by atoms with Crippen LogP contribution in [0.3, 0.4) is 0 Å². The second-order valence-electron chi connectivity index (χ2n) is 3.51. The SMILES string of the molecule is C=CC(C)NCc1cnc(-c2cccs2)s1. The van der Waals surface area contributed by atoms with Crippen LogP contribution in [0, 0.1) is 0 Å². The molecular weight excluding hydrogens is 236 g/mol. The van der Waals surface area contributed by atoms with E-state index in [0.29, 0.717) is 6.04 Å². The summed E-state index contributed by atoms with van der Waals surface area (Å²) in [6.45, 7) is 6.69. The van der Waals surface area contributed by atoms with Gasteiger partial charge in [-0.25, -0.2) is 4.98 Å². The van der Waals surface area contributed by atoms with Gasteiger partial charge in [-0.15, -0.1) is 29.3 Å². The fourth-order valence-electron chi connectivity index (χ4n) is 1.25. The van der Waals surface area contributed by atoms with Gasteiger partial charge in [0.15, 0.2) is 0 Å². The minimum atomic E-state index is 0.340. The molecule has 0 saturated carbocycles. The minimum Gasteiger partial charge on any atom is -0.306 e. The highest BCUT2D eigenvalue weighted by Gasteiger charge is 2.05. The summed E-state index contributed by atoms with van der Waals surface area (Å²) in [5.74, 6) is 0. The highest BCUT2D eigenvalue weighted by atomic mass is 32.1. The largest absolute Gasteiger partial charge is 0.306 e. The van der Waals surface area contributed by atoms with Crippen LogP contribution >= 0.6 is 22.7 Å². The molecule has 1 atom stereocenters. The van der Waals surface area contributed by atoms with Gasteiger partial charge < -0.3 is 5.32 Å². The fourth-order valence-corrected chi connectivity index (χ4v) is 2.92. The number of aromatic nitrogens is 1. The summed E-state index contributed by atoms with van der Waals surface area (Å²) in [6, 6.07) is 4.50. The Labute approximate surface area is 104 Å². The second-order valence-corrected chi connectivity index (χ2v) is 5.58. The van der Waals surface area contributed by atoms with Crippen LogP contribution in [-0.2, 0) is 6.54 Å². The summed E-state index contributed by atoms with van der Waals surface area (Å²) in [5, 5.41) is 6.55. The van der Waals surface area contributed by atoms with Gasteiger partial charge >= 0.3 is 0 Å². The molecule has 2 aromatic rings. The van der Waals surface area contributed by atoms with E-state index in [0.717, 1.165) is 11.6 Å². The zero-order valence-corrected chi connectivity index (χ0v) is 10.8. The Morgan fingerprint density at radius 3 is 3.19 bits per heavy atom. The van der Waals surface area contributed by atoms with Crippen molar-refractivity contribution in [2.24, 2.45) is 0 Å². The molecule has 2 aromatic heterocycles. The standard InChI is InChI=1S/C12H14N2S2/c1-3-9(2)13-7-10-8-14-12(16-10)11-5-4-6-15-11/h3-6,8-9,13H,1,7H2,2H3. The number of nitrogens with one attached hydrogen (secondary N) is 1. The molecule has 84 valence electrons. The van der Waals surface area contributed by atoms with Crippen molar-refractivity contribution in [3.63, 3.8) is 0 Å². The molecule has 0 aliphatic carbocycles. The van der Waals surface area contributed by atoms with Crippen molar-refractivity contribution in [3.05, 3.63) is 41.2 Å². The summed E-state index contributed by atoms with van der Waals surface area (Å²) in [4.78, 5) is 6.93. The molecule has 4 heteroatoms. The van der Waals surface area contributed by atoms with Crippen LogP contribution in [0.5, 0.6) is 0 Å². The third-order valence-electron chi connectivity index (χ3n) is 2.24. The van der Waals surface area contributed by atoms with Gasteiger partial charge in [-0.3, -0.25) is 0 Å². The second kappa shape index (κ2) is 5.39. The van der Waals surface area contributed by atoms with Crippen molar-refractivity contribution in [1.29, 1.82) is 0 Å². The van der Waals surface area contributed by atoms with E-state index in [-0.39, 0.29) is 0 Å². The van der Waals surface area contributed by atoms with Gasteiger partial charge in [0.25, 0.3) is 0 Å². The predicted octanol–water partition coefficient (Wildman–Crippen LogP) is 3.54. The molecule has 2 nitrogen and oxygen atoms in total. The Morgan fingerprint density at radius 2 is 2.50 bits per heavy atom. The first-order valence-corrected chi connectivity index (χ1v) is 6.83. The van der Waals surface area contributed by atoms with Crippen LogP contribution < -0.4 is 5.32 Å². The molecular formula is C12H14N2S2. The minimum absolute atomic E-state index is 0.340. The average Bonchev–Trinajstić information content (AvgIpc) is 2.95. The number of nitrogens with zero attached hydrogens (tertiary/aromatic N) is 1. The molecule has 0 bridgehead atoms. The Bertz CT molecular complexity index is 445. The van der Waals surface area contributed by atoms with Crippen LogP contribution in [0.4, 0.5) is 0 Å². The smallest absolute Gasteiger partial charge is 0.133 e. The molecule has 0 saturated heterocycles. The van der Waals surface area contributed by atoms with Crippen molar-refractivity contribution >= 4 is 22.7 Å². The van der Waals surface area contributed by atoms with Crippen molar-refractivity contribution < 1.29 is 0 Å². The van der Waals surface area contributed by atoms with E-state index in [4.69, 9.17) is 0 Å². The monoisotopic (exact) mass is 250 g/mol. The van der Waals surface area contributed by atoms with Crippen molar-refractivity contribution in [2.45, 2.75) is 19.5 Å². The van der Waals surface area contributed by atoms with Gasteiger partial charge in [-0.2, -0.15) is 0 Å². The highest BCUT2D eigenvalue weighted by molar-refractivity contribution is 7.20. The number of rotatable bonds is 5. The lowest BCUT2D eigenvalue weighted by atomic mass is 10.3. The first-order chi connectivity index (χ1) is 7.79. The van der Waals surface area contributed by atoms with E-state index >= 15 is 0 Å². The van der Waals surface area contributed by atoms with Crippen molar-refractivity contribution in [2.75, 3.05) is 0 Å². The van der Waals surface area contributed by atoms with Crippen LogP contribution in [0.2, 0.25) is 0 Å². The van der Waals surface area contributed by atoms with Gasteiger partial charge in [-0.1, -0.05) is 12.1 Å². The predicted molar refractivity (Wildman–Crippen MR) is 71.9 cm³/mol. The van der Waals surface area contributed by atoms with Crippen molar-refractivity contribution in [3.8, 4) is 9.88 Å². The summed E-state index contributed by atoms with van der Waals surface area (Å²) >= 11 is 3.48. The third-order valence-corrected chi connectivity index (χ3v) is 4.27. The summed E-state index contributed by atoms with van der Waals surface area (Å²) in [7, 11) is 0. The Balaban J connectivity index is 2.00. The molecule has 16 heavy (non-hydrogen) atoms. The normalized spacial score (nSPS) is 12.6.